The fraction of sp³-hybridized carbons (Fsp3) is 0.562. The SMILES string of the molecule is CC(C)c1cccc(C(N)CNC(=O)OC(C)(C)C)c1. The molecule has 0 aliphatic carbocycles. The molecule has 1 rings (SSSR count). The highest BCUT2D eigenvalue weighted by Gasteiger charge is 2.17. The van der Waals surface area contributed by atoms with Crippen molar-refractivity contribution in [3.8, 4) is 0 Å². The van der Waals surface area contributed by atoms with Crippen molar-refractivity contribution in [3.05, 3.63) is 35.4 Å². The van der Waals surface area contributed by atoms with Crippen molar-refractivity contribution in [1.82, 2.24) is 5.32 Å². The number of rotatable bonds is 4. The average molecular weight is 278 g/mol. The maximum absolute atomic E-state index is 11.6. The number of hydrogen-bond acceptors (Lipinski definition) is 3. The summed E-state index contributed by atoms with van der Waals surface area (Å²) < 4.78 is 5.18. The number of nitrogens with one attached hydrogen (secondary N) is 1. The minimum absolute atomic E-state index is 0.235. The quantitative estimate of drug-likeness (QED) is 0.888. The summed E-state index contributed by atoms with van der Waals surface area (Å²) in [6, 6.07) is 7.92. The molecule has 0 saturated heterocycles. The molecule has 112 valence electrons. The molecule has 0 aliphatic heterocycles. The Labute approximate surface area is 121 Å². The van der Waals surface area contributed by atoms with Gasteiger partial charge in [-0.3, -0.25) is 0 Å². The van der Waals surface area contributed by atoms with Gasteiger partial charge in [0.15, 0.2) is 0 Å². The fourth-order valence-electron chi connectivity index (χ4n) is 1.77. The molecule has 0 radical (unpaired) electrons. The molecule has 3 N–H and O–H groups in total. The number of benzene rings is 1. The van der Waals surface area contributed by atoms with Crippen LogP contribution in [0.3, 0.4) is 0 Å². The highest BCUT2D eigenvalue weighted by molar-refractivity contribution is 5.67. The third-order valence-corrected chi connectivity index (χ3v) is 2.87. The van der Waals surface area contributed by atoms with Crippen LogP contribution in [0.4, 0.5) is 4.79 Å². The van der Waals surface area contributed by atoms with Gasteiger partial charge in [0.05, 0.1) is 0 Å². The highest BCUT2D eigenvalue weighted by atomic mass is 16.6. The predicted octanol–water partition coefficient (Wildman–Crippen LogP) is 3.33. The maximum atomic E-state index is 11.6. The van der Waals surface area contributed by atoms with Crippen LogP contribution >= 0.6 is 0 Å². The molecule has 0 heterocycles. The number of carbonyl (C=O) groups excluding carboxylic acids is 1. The topological polar surface area (TPSA) is 64.3 Å². The summed E-state index contributed by atoms with van der Waals surface area (Å²) in [6.07, 6.45) is -0.437. The molecule has 1 atom stereocenters. The van der Waals surface area contributed by atoms with E-state index in [0.29, 0.717) is 12.5 Å². The summed E-state index contributed by atoms with van der Waals surface area (Å²) in [4.78, 5) is 11.6. The molecule has 0 saturated carbocycles. The van der Waals surface area contributed by atoms with Crippen molar-refractivity contribution < 1.29 is 9.53 Å². The predicted molar refractivity (Wildman–Crippen MR) is 81.7 cm³/mol. The second-order valence-corrected chi connectivity index (χ2v) is 6.31. The van der Waals surface area contributed by atoms with Crippen LogP contribution in [0.15, 0.2) is 24.3 Å². The van der Waals surface area contributed by atoms with Crippen LogP contribution in [0.25, 0.3) is 0 Å². The molecule has 0 fully saturated rings. The largest absolute Gasteiger partial charge is 0.444 e. The van der Waals surface area contributed by atoms with E-state index in [1.807, 2.05) is 32.9 Å². The first-order chi connectivity index (χ1) is 9.19. The summed E-state index contributed by atoms with van der Waals surface area (Å²) in [7, 11) is 0. The van der Waals surface area contributed by atoms with Crippen molar-refractivity contribution >= 4 is 6.09 Å². The Morgan fingerprint density at radius 3 is 2.45 bits per heavy atom. The van der Waals surface area contributed by atoms with E-state index in [0.717, 1.165) is 5.56 Å². The van der Waals surface area contributed by atoms with Gasteiger partial charge in [-0.25, -0.2) is 4.79 Å². The number of alkyl carbamates (subject to hydrolysis) is 1. The van der Waals surface area contributed by atoms with Gasteiger partial charge in [-0.15, -0.1) is 0 Å². The lowest BCUT2D eigenvalue weighted by atomic mass is 9.98. The van der Waals surface area contributed by atoms with E-state index in [-0.39, 0.29) is 6.04 Å². The lowest BCUT2D eigenvalue weighted by Gasteiger charge is -2.21. The van der Waals surface area contributed by atoms with Crippen molar-refractivity contribution in [2.45, 2.75) is 52.2 Å². The summed E-state index contributed by atoms with van der Waals surface area (Å²) in [5, 5.41) is 2.70. The maximum Gasteiger partial charge on any atom is 0.407 e. The molecule has 1 amide bonds. The van der Waals surface area contributed by atoms with E-state index in [1.165, 1.54) is 5.56 Å². The Morgan fingerprint density at radius 1 is 1.30 bits per heavy atom. The van der Waals surface area contributed by atoms with Gasteiger partial charge in [0, 0.05) is 12.6 Å². The van der Waals surface area contributed by atoms with Crippen LogP contribution in [-0.2, 0) is 4.74 Å². The van der Waals surface area contributed by atoms with Crippen LogP contribution in [0.2, 0.25) is 0 Å². The second-order valence-electron chi connectivity index (χ2n) is 6.31. The number of carbonyl (C=O) groups is 1. The Hall–Kier alpha value is -1.55. The molecule has 1 aromatic carbocycles. The highest BCUT2D eigenvalue weighted by Crippen LogP contribution is 2.18. The van der Waals surface area contributed by atoms with E-state index in [9.17, 15) is 4.79 Å². The summed E-state index contributed by atoms with van der Waals surface area (Å²) in [6.45, 7) is 10.1. The third-order valence-electron chi connectivity index (χ3n) is 2.87. The number of nitrogens with two attached hydrogens (primary N) is 1. The van der Waals surface area contributed by atoms with Crippen molar-refractivity contribution in [1.29, 1.82) is 0 Å². The van der Waals surface area contributed by atoms with Gasteiger partial charge in [0.1, 0.15) is 5.60 Å². The van der Waals surface area contributed by atoms with E-state index in [2.05, 4.69) is 31.3 Å². The van der Waals surface area contributed by atoms with Gasteiger partial charge in [-0.2, -0.15) is 0 Å². The summed E-state index contributed by atoms with van der Waals surface area (Å²) >= 11 is 0. The molecule has 0 bridgehead atoms. The molecule has 0 spiro atoms. The van der Waals surface area contributed by atoms with E-state index in [1.54, 1.807) is 0 Å². The van der Waals surface area contributed by atoms with Gasteiger partial charge < -0.3 is 15.8 Å². The summed E-state index contributed by atoms with van der Waals surface area (Å²) in [5.74, 6) is 0.459. The fourth-order valence-corrected chi connectivity index (χ4v) is 1.77. The van der Waals surface area contributed by atoms with Crippen LogP contribution in [0.5, 0.6) is 0 Å². The van der Waals surface area contributed by atoms with Gasteiger partial charge in [-0.1, -0.05) is 38.1 Å². The van der Waals surface area contributed by atoms with Gasteiger partial charge >= 0.3 is 6.09 Å². The second kappa shape index (κ2) is 6.75. The lowest BCUT2D eigenvalue weighted by molar-refractivity contribution is 0.0524. The average Bonchev–Trinajstić information content (AvgIpc) is 2.34. The number of ether oxygens (including phenoxy) is 1. The molecule has 4 nitrogen and oxygen atoms in total. The molecule has 20 heavy (non-hydrogen) atoms. The zero-order chi connectivity index (χ0) is 15.3. The summed E-state index contributed by atoms with van der Waals surface area (Å²) in [5.41, 5.74) is 7.88. The Balaban J connectivity index is 2.57. The number of amides is 1. The third kappa shape index (κ3) is 5.61. The normalized spacial score (nSPS) is 13.2. The van der Waals surface area contributed by atoms with E-state index in [4.69, 9.17) is 10.5 Å². The number of hydrogen-bond donors (Lipinski definition) is 2. The Bertz CT molecular complexity index is 450. The van der Waals surface area contributed by atoms with Gasteiger partial charge in [-0.05, 0) is 37.8 Å². The molecule has 1 aromatic rings. The first-order valence-electron chi connectivity index (χ1n) is 7.01. The Kier molecular flexibility index (Phi) is 5.57. The van der Waals surface area contributed by atoms with E-state index >= 15 is 0 Å². The molecule has 1 unspecified atom stereocenters. The molecule has 0 aliphatic rings. The zero-order valence-electron chi connectivity index (χ0n) is 13.1. The van der Waals surface area contributed by atoms with Gasteiger partial charge in [0.2, 0.25) is 0 Å². The minimum atomic E-state index is -0.494. The standard InChI is InChI=1S/C16H26N2O2/c1-11(2)12-7-6-8-13(9-12)14(17)10-18-15(19)20-16(3,4)5/h6-9,11,14H,10,17H2,1-5H3,(H,18,19). The van der Waals surface area contributed by atoms with Gasteiger partial charge in [0.25, 0.3) is 0 Å². The smallest absolute Gasteiger partial charge is 0.407 e. The van der Waals surface area contributed by atoms with E-state index < -0.39 is 11.7 Å². The van der Waals surface area contributed by atoms with Crippen molar-refractivity contribution in [2.24, 2.45) is 5.73 Å². The van der Waals surface area contributed by atoms with Crippen molar-refractivity contribution in [2.75, 3.05) is 6.54 Å². The minimum Gasteiger partial charge on any atom is -0.444 e. The zero-order valence-corrected chi connectivity index (χ0v) is 13.1. The van der Waals surface area contributed by atoms with Crippen LogP contribution in [0.1, 0.15) is 57.7 Å². The van der Waals surface area contributed by atoms with Crippen LogP contribution in [0, 0.1) is 0 Å². The monoisotopic (exact) mass is 278 g/mol. The first-order valence-corrected chi connectivity index (χ1v) is 7.01. The van der Waals surface area contributed by atoms with Crippen LogP contribution in [-0.4, -0.2) is 18.2 Å². The molecular formula is C16H26N2O2. The Morgan fingerprint density at radius 2 is 1.90 bits per heavy atom. The first kappa shape index (κ1) is 16.5. The molecule has 0 aromatic heterocycles. The molecular weight excluding hydrogens is 252 g/mol. The van der Waals surface area contributed by atoms with Crippen LogP contribution < -0.4 is 11.1 Å². The molecule has 4 heteroatoms. The van der Waals surface area contributed by atoms with Crippen molar-refractivity contribution in [3.63, 3.8) is 0 Å². The lowest BCUT2D eigenvalue weighted by Crippen LogP contribution is -2.36.